The molecule has 142 valence electrons. The highest BCUT2D eigenvalue weighted by molar-refractivity contribution is 6.04. The Hall–Kier alpha value is -3.61. The van der Waals surface area contributed by atoms with E-state index in [1.165, 1.54) is 13.1 Å². The number of carbonyl (C=O) groups is 1. The van der Waals surface area contributed by atoms with Crippen molar-refractivity contribution in [2.45, 2.75) is 13.8 Å². The number of anilines is 1. The lowest BCUT2D eigenvalue weighted by Crippen LogP contribution is -2.15. The maximum atomic E-state index is 13.6. The van der Waals surface area contributed by atoms with Crippen molar-refractivity contribution in [3.63, 3.8) is 0 Å². The Morgan fingerprint density at radius 2 is 1.79 bits per heavy atom. The van der Waals surface area contributed by atoms with Gasteiger partial charge in [-0.15, -0.1) is 0 Å². The molecule has 3 rings (SSSR count). The first-order valence-electron chi connectivity index (χ1n) is 8.58. The Kier molecular flexibility index (Phi) is 5.74. The maximum Gasteiger partial charge on any atom is 0.258 e. The summed E-state index contributed by atoms with van der Waals surface area (Å²) in [6.45, 7) is 3.46. The van der Waals surface area contributed by atoms with Gasteiger partial charge in [0, 0.05) is 41.3 Å². The molecule has 0 aliphatic rings. The van der Waals surface area contributed by atoms with Gasteiger partial charge in [-0.05, 0) is 37.6 Å². The van der Waals surface area contributed by atoms with Crippen LogP contribution in [-0.4, -0.2) is 28.0 Å². The maximum absolute atomic E-state index is 13.6. The summed E-state index contributed by atoms with van der Waals surface area (Å²) >= 11 is 0. The predicted molar refractivity (Wildman–Crippen MR) is 105 cm³/mol. The van der Waals surface area contributed by atoms with Crippen molar-refractivity contribution < 1.29 is 13.9 Å². The zero-order chi connectivity index (χ0) is 20.1. The van der Waals surface area contributed by atoms with Crippen LogP contribution in [0.1, 0.15) is 34.0 Å². The van der Waals surface area contributed by atoms with Crippen LogP contribution in [-0.2, 0) is 0 Å². The summed E-state index contributed by atoms with van der Waals surface area (Å²) in [7, 11) is 1.57. The van der Waals surface area contributed by atoms with E-state index in [0.717, 1.165) is 22.9 Å². The Balaban J connectivity index is 1.78. The number of nitrogens with zero attached hydrogens (tertiary/aromatic N) is 3. The Morgan fingerprint density at radius 3 is 2.36 bits per heavy atom. The summed E-state index contributed by atoms with van der Waals surface area (Å²) < 4.78 is 18.7. The number of nitrogens with one attached hydrogen (secondary N) is 1. The van der Waals surface area contributed by atoms with E-state index in [1.54, 1.807) is 31.6 Å². The van der Waals surface area contributed by atoms with Gasteiger partial charge in [-0.2, -0.15) is 0 Å². The van der Waals surface area contributed by atoms with Gasteiger partial charge in [-0.1, -0.05) is 6.08 Å². The molecule has 3 aromatic rings. The summed E-state index contributed by atoms with van der Waals surface area (Å²) in [5, 5.41) is 2.66. The number of allylic oxidation sites excluding steroid dienone is 1. The Bertz CT molecular complexity index is 1020. The van der Waals surface area contributed by atoms with Gasteiger partial charge in [-0.25, -0.2) is 14.4 Å². The summed E-state index contributed by atoms with van der Waals surface area (Å²) in [5.74, 6) is -0.0876. The van der Waals surface area contributed by atoms with E-state index in [1.807, 2.05) is 25.1 Å². The van der Waals surface area contributed by atoms with E-state index in [0.29, 0.717) is 11.7 Å². The quantitative estimate of drug-likeness (QED) is 0.725. The Morgan fingerprint density at radius 1 is 1.07 bits per heavy atom. The minimum Gasteiger partial charge on any atom is -0.481 e. The monoisotopic (exact) mass is 378 g/mol. The van der Waals surface area contributed by atoms with E-state index >= 15 is 0 Å². The third-order valence-corrected chi connectivity index (χ3v) is 4.26. The number of ether oxygens (including phenoxy) is 1. The first kappa shape index (κ1) is 19.2. The van der Waals surface area contributed by atoms with Crippen molar-refractivity contribution >= 4 is 17.3 Å². The first-order valence-corrected chi connectivity index (χ1v) is 8.58. The van der Waals surface area contributed by atoms with Gasteiger partial charge in [0.15, 0.2) is 0 Å². The van der Waals surface area contributed by atoms with Gasteiger partial charge in [0.2, 0.25) is 5.88 Å². The molecule has 0 atom stereocenters. The summed E-state index contributed by atoms with van der Waals surface area (Å²) in [6, 6.07) is 7.24. The lowest BCUT2D eigenvalue weighted by molar-refractivity contribution is 0.102. The third-order valence-electron chi connectivity index (χ3n) is 4.26. The molecule has 0 fully saturated rings. The van der Waals surface area contributed by atoms with Crippen LogP contribution in [0.5, 0.6) is 5.88 Å². The zero-order valence-corrected chi connectivity index (χ0v) is 15.7. The van der Waals surface area contributed by atoms with E-state index < -0.39 is 11.7 Å². The normalized spacial score (nSPS) is 11.2. The van der Waals surface area contributed by atoms with Gasteiger partial charge < -0.3 is 10.1 Å². The molecule has 0 saturated heterocycles. The number of methoxy groups -OCH3 is 1. The van der Waals surface area contributed by atoms with E-state index in [-0.39, 0.29) is 11.1 Å². The smallest absolute Gasteiger partial charge is 0.258 e. The molecule has 1 amide bonds. The fraction of sp³-hybridized carbons (Fsp3) is 0.143. The van der Waals surface area contributed by atoms with Crippen LogP contribution in [0.25, 0.3) is 5.57 Å². The second kappa shape index (κ2) is 8.39. The number of rotatable bonds is 5. The fourth-order valence-corrected chi connectivity index (χ4v) is 2.70. The van der Waals surface area contributed by atoms with Crippen LogP contribution in [0.3, 0.4) is 0 Å². The van der Waals surface area contributed by atoms with E-state index in [2.05, 4.69) is 20.3 Å². The molecule has 0 aliphatic carbocycles. The van der Waals surface area contributed by atoms with Crippen molar-refractivity contribution in [2.75, 3.05) is 12.4 Å². The average molecular weight is 378 g/mol. The predicted octanol–water partition coefficient (Wildman–Crippen LogP) is 4.03. The highest BCUT2D eigenvalue weighted by Crippen LogP contribution is 2.24. The Labute approximate surface area is 162 Å². The number of pyridine rings is 3. The van der Waals surface area contributed by atoms with Crippen LogP contribution in [0.4, 0.5) is 10.2 Å². The second-order valence-electron chi connectivity index (χ2n) is 5.97. The van der Waals surface area contributed by atoms with Crippen molar-refractivity contribution in [3.8, 4) is 5.88 Å². The molecule has 0 spiro atoms. The number of aromatic nitrogens is 3. The average Bonchev–Trinajstić information content (AvgIpc) is 2.72. The SMILES string of the molecule is C/C=C(\c1ccc(NC(=O)c2cncc(F)c2C)nc1)c1ccc(OC)nc1. The molecule has 3 aromatic heterocycles. The minimum absolute atomic E-state index is 0.171. The highest BCUT2D eigenvalue weighted by Gasteiger charge is 2.13. The summed E-state index contributed by atoms with van der Waals surface area (Å²) in [4.78, 5) is 24.6. The van der Waals surface area contributed by atoms with E-state index in [4.69, 9.17) is 4.74 Å². The molecular formula is C21H19FN4O2. The number of amides is 1. The highest BCUT2D eigenvalue weighted by atomic mass is 19.1. The van der Waals surface area contributed by atoms with Gasteiger partial charge in [0.05, 0.1) is 18.9 Å². The number of carbonyl (C=O) groups excluding carboxylic acids is 1. The molecule has 0 bridgehead atoms. The molecule has 6 nitrogen and oxygen atoms in total. The topological polar surface area (TPSA) is 77.0 Å². The molecule has 3 heterocycles. The summed E-state index contributed by atoms with van der Waals surface area (Å²) in [6.07, 6.45) is 7.75. The van der Waals surface area contributed by atoms with Gasteiger partial charge in [-0.3, -0.25) is 9.78 Å². The van der Waals surface area contributed by atoms with Gasteiger partial charge in [0.1, 0.15) is 11.6 Å². The first-order chi connectivity index (χ1) is 13.5. The molecule has 0 saturated carbocycles. The van der Waals surface area contributed by atoms with Crippen LogP contribution in [0, 0.1) is 12.7 Å². The molecule has 7 heteroatoms. The molecule has 28 heavy (non-hydrogen) atoms. The van der Waals surface area contributed by atoms with Crippen LogP contribution in [0.2, 0.25) is 0 Å². The molecule has 0 aromatic carbocycles. The zero-order valence-electron chi connectivity index (χ0n) is 15.7. The number of halogens is 1. The third kappa shape index (κ3) is 4.03. The molecule has 0 unspecified atom stereocenters. The summed E-state index contributed by atoms with van der Waals surface area (Å²) in [5.41, 5.74) is 3.15. The van der Waals surface area contributed by atoms with Crippen molar-refractivity contribution in [3.05, 3.63) is 83.2 Å². The van der Waals surface area contributed by atoms with Gasteiger partial charge >= 0.3 is 0 Å². The number of hydrogen-bond acceptors (Lipinski definition) is 5. The largest absolute Gasteiger partial charge is 0.481 e. The molecule has 0 aliphatic heterocycles. The lowest BCUT2D eigenvalue weighted by Gasteiger charge is -2.10. The molecule has 0 radical (unpaired) electrons. The minimum atomic E-state index is -0.526. The van der Waals surface area contributed by atoms with Crippen molar-refractivity contribution in [1.29, 1.82) is 0 Å². The van der Waals surface area contributed by atoms with Crippen molar-refractivity contribution in [1.82, 2.24) is 15.0 Å². The standard InChI is InChI=1S/C21H19FN4O2/c1-4-16(15-6-8-20(28-3)25-10-15)14-5-7-19(24-9-14)26-21(27)17-11-23-12-18(22)13(17)2/h4-12H,1-3H3,(H,24,26,27)/b16-4+. The molecule has 1 N–H and O–H groups in total. The van der Waals surface area contributed by atoms with Gasteiger partial charge in [0.25, 0.3) is 5.91 Å². The van der Waals surface area contributed by atoms with Crippen molar-refractivity contribution in [2.24, 2.45) is 0 Å². The van der Waals surface area contributed by atoms with Crippen LogP contribution in [0.15, 0.2) is 55.1 Å². The fourth-order valence-electron chi connectivity index (χ4n) is 2.70. The van der Waals surface area contributed by atoms with E-state index in [9.17, 15) is 9.18 Å². The van der Waals surface area contributed by atoms with Crippen LogP contribution < -0.4 is 10.1 Å². The second-order valence-corrected chi connectivity index (χ2v) is 5.97. The number of hydrogen-bond donors (Lipinski definition) is 1. The lowest BCUT2D eigenvalue weighted by atomic mass is 10.0. The molecular weight excluding hydrogens is 359 g/mol. The van der Waals surface area contributed by atoms with Crippen LogP contribution >= 0.6 is 0 Å².